The first-order chi connectivity index (χ1) is 21.6. The molecule has 9 atom stereocenters. The van der Waals surface area contributed by atoms with Gasteiger partial charge in [-0.3, -0.25) is 9.59 Å². The molecule has 45 heavy (non-hydrogen) atoms. The number of aliphatic hydroxyl groups is 6. The van der Waals surface area contributed by atoms with Crippen LogP contribution in [0.3, 0.4) is 0 Å². The van der Waals surface area contributed by atoms with Gasteiger partial charge in [0, 0.05) is 12.8 Å². The Morgan fingerprint density at radius 1 is 0.622 bits per heavy atom. The highest BCUT2D eigenvalue weighted by molar-refractivity contribution is 5.69. The Labute approximate surface area is 267 Å². The molecule has 0 saturated carbocycles. The van der Waals surface area contributed by atoms with Gasteiger partial charge in [-0.25, -0.2) is 0 Å². The molecule has 0 aliphatic carbocycles. The van der Waals surface area contributed by atoms with Crippen molar-refractivity contribution in [2.75, 3.05) is 19.8 Å². The Kier molecular flexibility index (Phi) is 19.0. The lowest BCUT2D eigenvalue weighted by Gasteiger charge is -2.43. The predicted molar refractivity (Wildman–Crippen MR) is 162 cm³/mol. The van der Waals surface area contributed by atoms with Gasteiger partial charge in [-0.2, -0.15) is 0 Å². The molecule has 13 nitrogen and oxygen atoms in total. The summed E-state index contributed by atoms with van der Waals surface area (Å²) in [5, 5.41) is 62.8. The molecule has 6 N–H and O–H groups in total. The molecule has 2 heterocycles. The number of aliphatic hydroxyl groups excluding tert-OH is 6. The smallest absolute Gasteiger partial charge is 0.305 e. The van der Waals surface area contributed by atoms with Crippen LogP contribution in [0.5, 0.6) is 0 Å². The van der Waals surface area contributed by atoms with E-state index < -0.39 is 86.6 Å². The van der Waals surface area contributed by atoms with E-state index in [2.05, 4.69) is 13.8 Å². The molecule has 0 unspecified atom stereocenters. The van der Waals surface area contributed by atoms with Crippen molar-refractivity contribution in [2.24, 2.45) is 0 Å². The molecule has 0 aromatic rings. The number of esters is 2. The maximum atomic E-state index is 12.2. The minimum Gasteiger partial charge on any atom is -0.463 e. The van der Waals surface area contributed by atoms with Crippen molar-refractivity contribution in [2.45, 2.75) is 171 Å². The van der Waals surface area contributed by atoms with Crippen LogP contribution in [0.1, 0.15) is 117 Å². The molecule has 264 valence electrons. The fourth-order valence-corrected chi connectivity index (χ4v) is 5.55. The maximum absolute atomic E-state index is 12.2. The summed E-state index contributed by atoms with van der Waals surface area (Å²) in [7, 11) is 0. The van der Waals surface area contributed by atoms with E-state index in [1.54, 1.807) is 0 Å². The highest BCUT2D eigenvalue weighted by Crippen LogP contribution is 2.36. The van der Waals surface area contributed by atoms with Crippen LogP contribution < -0.4 is 0 Å². The second-order valence-corrected chi connectivity index (χ2v) is 12.3. The molecule has 2 rings (SSSR count). The third-order valence-electron chi connectivity index (χ3n) is 8.50. The number of ether oxygens (including phenoxy) is 5. The molecule has 2 aliphatic rings. The Balaban J connectivity index is 1.85. The van der Waals surface area contributed by atoms with Crippen molar-refractivity contribution in [3.63, 3.8) is 0 Å². The lowest BCUT2D eigenvalue weighted by atomic mass is 9.99. The summed E-state index contributed by atoms with van der Waals surface area (Å²) in [6.07, 6.45) is 1.68. The van der Waals surface area contributed by atoms with Gasteiger partial charge in [0.15, 0.2) is 6.29 Å². The van der Waals surface area contributed by atoms with Crippen LogP contribution in [0, 0.1) is 0 Å². The first-order valence-electron chi connectivity index (χ1n) is 16.9. The van der Waals surface area contributed by atoms with Gasteiger partial charge < -0.3 is 54.3 Å². The van der Waals surface area contributed by atoms with Crippen LogP contribution in [0.15, 0.2) is 0 Å². The number of hydrogen-bond donors (Lipinski definition) is 6. The van der Waals surface area contributed by atoms with Crippen molar-refractivity contribution in [3.8, 4) is 0 Å². The molecule has 0 amide bonds. The molecular formula is C32H58O13. The Bertz CT molecular complexity index is 829. The van der Waals surface area contributed by atoms with Gasteiger partial charge in [-0.1, -0.05) is 90.9 Å². The highest BCUT2D eigenvalue weighted by Gasteiger charge is 2.58. The first-order valence-corrected chi connectivity index (χ1v) is 16.9. The van der Waals surface area contributed by atoms with Gasteiger partial charge in [0.05, 0.1) is 0 Å². The van der Waals surface area contributed by atoms with E-state index in [4.69, 9.17) is 23.7 Å². The van der Waals surface area contributed by atoms with E-state index in [1.165, 1.54) is 25.7 Å². The monoisotopic (exact) mass is 650 g/mol. The molecule has 2 fully saturated rings. The minimum absolute atomic E-state index is 0.179. The predicted octanol–water partition coefficient (Wildman–Crippen LogP) is 1.99. The van der Waals surface area contributed by atoms with Crippen molar-refractivity contribution in [1.29, 1.82) is 0 Å². The third-order valence-corrected chi connectivity index (χ3v) is 8.50. The number of carbonyl (C=O) groups is 2. The summed E-state index contributed by atoms with van der Waals surface area (Å²) in [4.78, 5) is 24.4. The molecule has 13 heteroatoms. The van der Waals surface area contributed by atoms with E-state index in [9.17, 15) is 40.2 Å². The van der Waals surface area contributed by atoms with E-state index in [0.717, 1.165) is 51.4 Å². The Morgan fingerprint density at radius 2 is 1.09 bits per heavy atom. The lowest BCUT2D eigenvalue weighted by Crippen LogP contribution is -2.62. The summed E-state index contributed by atoms with van der Waals surface area (Å²) >= 11 is 0. The van der Waals surface area contributed by atoms with Crippen LogP contribution in [-0.2, 0) is 33.3 Å². The van der Waals surface area contributed by atoms with Crippen molar-refractivity contribution in [1.82, 2.24) is 0 Å². The molecule has 2 aliphatic heterocycles. The van der Waals surface area contributed by atoms with Gasteiger partial charge in [-0.15, -0.1) is 0 Å². The van der Waals surface area contributed by atoms with Crippen molar-refractivity contribution >= 4 is 11.9 Å². The summed E-state index contributed by atoms with van der Waals surface area (Å²) in [5.41, 5.74) is 0. The molecule has 0 spiro atoms. The van der Waals surface area contributed by atoms with Gasteiger partial charge in [0.25, 0.3) is 0 Å². The highest BCUT2D eigenvalue weighted by atomic mass is 16.8. The van der Waals surface area contributed by atoms with E-state index in [0.29, 0.717) is 12.8 Å². The van der Waals surface area contributed by atoms with Gasteiger partial charge in [-0.05, 0) is 12.8 Å². The van der Waals surface area contributed by atoms with Crippen LogP contribution in [-0.4, -0.2) is 117 Å². The largest absolute Gasteiger partial charge is 0.463 e. The molecular weight excluding hydrogens is 592 g/mol. The molecule has 0 aromatic heterocycles. The van der Waals surface area contributed by atoms with E-state index >= 15 is 0 Å². The molecule has 0 radical (unpaired) electrons. The zero-order chi connectivity index (χ0) is 33.2. The van der Waals surface area contributed by atoms with Crippen molar-refractivity contribution < 1.29 is 63.9 Å². The summed E-state index contributed by atoms with van der Waals surface area (Å²) in [5.74, 6) is -3.32. The zero-order valence-electron chi connectivity index (χ0n) is 27.1. The summed E-state index contributed by atoms with van der Waals surface area (Å²) < 4.78 is 27.3. The summed E-state index contributed by atoms with van der Waals surface area (Å²) in [6.45, 7) is 2.42. The molecule has 0 bridgehead atoms. The van der Waals surface area contributed by atoms with Gasteiger partial charge in [0.2, 0.25) is 5.79 Å². The van der Waals surface area contributed by atoms with Crippen LogP contribution in [0.2, 0.25) is 0 Å². The Morgan fingerprint density at radius 3 is 1.58 bits per heavy atom. The topological polar surface area (TPSA) is 202 Å². The average Bonchev–Trinajstić information content (AvgIpc) is 3.27. The standard InChI is InChI=1S/C32H58O13/c1-3-5-7-9-11-13-15-17-24(34)41-19-22-26(36)28(38)29(39)31(43-22)45-32(21-33)30(40)27(37)23(44-32)20-42-25(35)18-16-14-12-10-8-6-4-2/h22-23,26-31,33,36-40H,3-21H2,1-2H3/t22-,23-,26-,27-,28+,29-,30+,31-,32+/m1/s1. The van der Waals surface area contributed by atoms with Crippen LogP contribution >= 0.6 is 0 Å². The minimum atomic E-state index is -2.32. The number of carbonyl (C=O) groups excluding carboxylic acids is 2. The van der Waals surface area contributed by atoms with E-state index in [-0.39, 0.29) is 12.8 Å². The number of unbranched alkanes of at least 4 members (excludes halogenated alkanes) is 12. The average molecular weight is 651 g/mol. The van der Waals surface area contributed by atoms with Crippen molar-refractivity contribution in [3.05, 3.63) is 0 Å². The quantitative estimate of drug-likeness (QED) is 0.0693. The zero-order valence-corrected chi connectivity index (χ0v) is 27.1. The van der Waals surface area contributed by atoms with E-state index in [1.807, 2.05) is 0 Å². The first kappa shape index (κ1) is 39.8. The Hall–Kier alpha value is -1.42. The van der Waals surface area contributed by atoms with Crippen LogP contribution in [0.4, 0.5) is 0 Å². The molecule has 2 saturated heterocycles. The van der Waals surface area contributed by atoms with Gasteiger partial charge >= 0.3 is 11.9 Å². The molecule has 0 aromatic carbocycles. The summed E-state index contributed by atoms with van der Waals surface area (Å²) in [6, 6.07) is 0. The van der Waals surface area contributed by atoms with Crippen LogP contribution in [0.25, 0.3) is 0 Å². The second kappa shape index (κ2) is 21.5. The fourth-order valence-electron chi connectivity index (χ4n) is 5.55. The number of rotatable bonds is 23. The third kappa shape index (κ3) is 13.0. The lowest BCUT2D eigenvalue weighted by molar-refractivity contribution is -0.383. The fraction of sp³-hybridized carbons (Fsp3) is 0.938. The normalized spacial score (nSPS) is 31.6. The van der Waals surface area contributed by atoms with Gasteiger partial charge in [0.1, 0.15) is 62.5 Å². The SMILES string of the molecule is CCCCCCCCCC(=O)OC[C@H]1O[C@@](CO)(O[C@H]2O[C@H](COC(=O)CCCCCCCCC)[C@@H](O)[C@H](O)[C@H]2O)[C@@H](O)[C@@H]1O. The second-order valence-electron chi connectivity index (χ2n) is 12.3. The maximum Gasteiger partial charge on any atom is 0.305 e. The number of hydrogen-bond acceptors (Lipinski definition) is 13.